The van der Waals surface area contributed by atoms with Gasteiger partial charge >= 0.3 is 0 Å². The zero-order valence-corrected chi connectivity index (χ0v) is 12.0. The molecule has 5 nitrogen and oxygen atoms in total. The van der Waals surface area contributed by atoms with Crippen molar-refractivity contribution in [2.24, 2.45) is 0 Å². The van der Waals surface area contributed by atoms with Gasteiger partial charge in [-0.2, -0.15) is 0 Å². The number of benzene rings is 1. The van der Waals surface area contributed by atoms with Gasteiger partial charge in [-0.15, -0.1) is 0 Å². The van der Waals surface area contributed by atoms with Crippen molar-refractivity contribution in [1.82, 2.24) is 9.88 Å². The third-order valence-electron chi connectivity index (χ3n) is 3.15. The highest BCUT2D eigenvalue weighted by atomic mass is 79.9. The Morgan fingerprint density at radius 2 is 2.05 bits per heavy atom. The first-order valence-corrected chi connectivity index (χ1v) is 6.65. The van der Waals surface area contributed by atoms with Gasteiger partial charge in [-0.3, -0.25) is 24.3 Å². The fraction of sp³-hybridized carbons (Fsp3) is 0.0714. The van der Waals surface area contributed by atoms with Crippen LogP contribution in [0.1, 0.15) is 17.3 Å². The summed E-state index contributed by atoms with van der Waals surface area (Å²) in [6.45, 7) is 1.44. The molecule has 6 heteroatoms. The van der Waals surface area contributed by atoms with Crippen LogP contribution in [0.4, 0.5) is 0 Å². The van der Waals surface area contributed by atoms with Crippen molar-refractivity contribution >= 4 is 50.1 Å². The van der Waals surface area contributed by atoms with Gasteiger partial charge in [0.05, 0.1) is 11.1 Å². The third-order valence-corrected chi connectivity index (χ3v) is 3.65. The second kappa shape index (κ2) is 4.42. The highest BCUT2D eigenvalue weighted by Crippen LogP contribution is 2.31. The number of rotatable bonds is 1. The molecule has 0 saturated heterocycles. The van der Waals surface area contributed by atoms with Gasteiger partial charge in [-0.1, -0.05) is 15.9 Å². The number of hydrogen-bond donors (Lipinski definition) is 1. The van der Waals surface area contributed by atoms with Crippen molar-refractivity contribution in [3.8, 4) is 0 Å². The van der Waals surface area contributed by atoms with Crippen molar-refractivity contribution in [1.29, 1.82) is 0 Å². The molecule has 0 radical (unpaired) electrons. The Morgan fingerprint density at radius 3 is 2.65 bits per heavy atom. The highest BCUT2D eigenvalue weighted by molar-refractivity contribution is 9.10. The van der Waals surface area contributed by atoms with Gasteiger partial charge in [0.1, 0.15) is 0 Å². The largest absolute Gasteiger partial charge is 0.289 e. The molecule has 2 heterocycles. The van der Waals surface area contributed by atoms with Crippen molar-refractivity contribution in [3.63, 3.8) is 0 Å². The fourth-order valence-electron chi connectivity index (χ4n) is 2.29. The second-order valence-electron chi connectivity index (χ2n) is 4.47. The van der Waals surface area contributed by atoms with E-state index in [1.165, 1.54) is 17.6 Å². The van der Waals surface area contributed by atoms with Gasteiger partial charge in [-0.05, 0) is 18.2 Å². The minimum atomic E-state index is -0.447. The molecule has 1 aromatic heterocycles. The summed E-state index contributed by atoms with van der Waals surface area (Å²) in [5.41, 5.74) is 1.54. The summed E-state index contributed by atoms with van der Waals surface area (Å²) in [4.78, 5) is 34.8. The number of nitrogens with one attached hydrogen (secondary N) is 1. The van der Waals surface area contributed by atoms with E-state index in [2.05, 4.69) is 21.2 Å². The summed E-state index contributed by atoms with van der Waals surface area (Å²) in [7, 11) is 0. The lowest BCUT2D eigenvalue weighted by Crippen LogP contribution is -2.21. The molecule has 0 spiro atoms. The van der Waals surface area contributed by atoms with Crippen LogP contribution in [0.2, 0.25) is 0 Å². The van der Waals surface area contributed by atoms with Crippen molar-refractivity contribution < 1.29 is 14.4 Å². The Balaban J connectivity index is 2.33. The lowest BCUT2D eigenvalue weighted by atomic mass is 10.1. The van der Waals surface area contributed by atoms with Crippen LogP contribution in [0.5, 0.6) is 0 Å². The number of amides is 2. The van der Waals surface area contributed by atoms with E-state index in [0.29, 0.717) is 11.1 Å². The molecule has 1 aromatic carbocycles. The van der Waals surface area contributed by atoms with E-state index in [9.17, 15) is 14.4 Å². The lowest BCUT2D eigenvalue weighted by Gasteiger charge is -1.99. The number of aromatic nitrogens is 1. The Hall–Kier alpha value is -2.21. The number of fused-ring (bicyclic) bond motifs is 1. The van der Waals surface area contributed by atoms with Gasteiger partial charge in [-0.25, -0.2) is 0 Å². The van der Waals surface area contributed by atoms with Crippen LogP contribution < -0.4 is 5.32 Å². The van der Waals surface area contributed by atoms with Gasteiger partial charge in [0.2, 0.25) is 5.91 Å². The molecule has 2 aromatic rings. The van der Waals surface area contributed by atoms with Crippen molar-refractivity contribution in [3.05, 3.63) is 40.5 Å². The molecule has 0 aliphatic carbocycles. The molecular formula is C14H9BrN2O3. The standard InChI is InChI=1S/C14H9BrN2O3/c1-7(18)17-6-11(10-5-13(19)16-14(10)20)9-4-8(15)2-3-12(9)17/h2-6H,1H3,(H,16,19,20). The van der Waals surface area contributed by atoms with E-state index in [1.807, 2.05) is 12.1 Å². The smallest absolute Gasteiger partial charge is 0.258 e. The van der Waals surface area contributed by atoms with Crippen LogP contribution in [0.3, 0.4) is 0 Å². The Labute approximate surface area is 122 Å². The molecule has 20 heavy (non-hydrogen) atoms. The number of carbonyl (C=O) groups excluding carboxylic acids is 3. The molecule has 1 aliphatic heterocycles. The molecular weight excluding hydrogens is 324 g/mol. The van der Waals surface area contributed by atoms with Crippen LogP contribution in [0, 0.1) is 0 Å². The molecule has 0 saturated carbocycles. The maximum atomic E-state index is 11.8. The van der Waals surface area contributed by atoms with Crippen molar-refractivity contribution in [2.75, 3.05) is 0 Å². The first kappa shape index (κ1) is 12.8. The van der Waals surface area contributed by atoms with Crippen LogP contribution in [-0.4, -0.2) is 22.3 Å². The molecule has 2 amide bonds. The molecule has 1 aliphatic rings. The van der Waals surface area contributed by atoms with Crippen molar-refractivity contribution in [2.45, 2.75) is 6.92 Å². The van der Waals surface area contributed by atoms with Gasteiger partial charge < -0.3 is 0 Å². The third kappa shape index (κ3) is 1.89. The molecule has 0 unspecified atom stereocenters. The molecule has 0 bridgehead atoms. The first-order valence-electron chi connectivity index (χ1n) is 5.86. The number of imide groups is 1. The average molecular weight is 333 g/mol. The fourth-order valence-corrected chi connectivity index (χ4v) is 2.65. The van der Waals surface area contributed by atoms with Gasteiger partial charge in [0.25, 0.3) is 11.8 Å². The Kier molecular flexibility index (Phi) is 2.83. The normalized spacial score (nSPS) is 14.6. The Morgan fingerprint density at radius 1 is 1.30 bits per heavy atom. The summed E-state index contributed by atoms with van der Waals surface area (Å²) in [5.74, 6) is -1.05. The minimum absolute atomic E-state index is 0.158. The predicted octanol–water partition coefficient (Wildman–Crippen LogP) is 2.10. The number of nitrogens with zero attached hydrogens (tertiary/aromatic N) is 1. The molecule has 0 fully saturated rings. The number of halogens is 1. The van der Waals surface area contributed by atoms with Crippen LogP contribution in [0.15, 0.2) is 34.9 Å². The van der Waals surface area contributed by atoms with Gasteiger partial charge in [0, 0.05) is 34.6 Å². The van der Waals surface area contributed by atoms with E-state index in [0.717, 1.165) is 9.86 Å². The quantitative estimate of drug-likeness (QED) is 0.813. The van der Waals surface area contributed by atoms with Crippen LogP contribution in [-0.2, 0) is 9.59 Å². The predicted molar refractivity (Wildman–Crippen MR) is 77.1 cm³/mol. The molecule has 100 valence electrons. The van der Waals surface area contributed by atoms with Crippen LogP contribution >= 0.6 is 15.9 Å². The zero-order valence-electron chi connectivity index (χ0n) is 10.4. The maximum absolute atomic E-state index is 11.8. The first-order chi connectivity index (χ1) is 9.47. The van der Waals surface area contributed by atoms with E-state index in [4.69, 9.17) is 0 Å². The molecule has 3 rings (SSSR count). The molecule has 0 atom stereocenters. The number of hydrogen-bond acceptors (Lipinski definition) is 3. The van der Waals surface area contributed by atoms with Gasteiger partial charge in [0.15, 0.2) is 0 Å². The SMILES string of the molecule is CC(=O)n1cc(C2=CC(=O)NC2=O)c2cc(Br)ccc21. The zero-order chi connectivity index (χ0) is 14.4. The van der Waals surface area contributed by atoms with E-state index < -0.39 is 11.8 Å². The second-order valence-corrected chi connectivity index (χ2v) is 5.39. The summed E-state index contributed by atoms with van der Waals surface area (Å²) in [5, 5.41) is 2.95. The maximum Gasteiger partial charge on any atom is 0.258 e. The topological polar surface area (TPSA) is 68.2 Å². The lowest BCUT2D eigenvalue weighted by molar-refractivity contribution is -0.123. The monoisotopic (exact) mass is 332 g/mol. The van der Waals surface area contributed by atoms with E-state index in [-0.39, 0.29) is 11.5 Å². The van der Waals surface area contributed by atoms with E-state index >= 15 is 0 Å². The van der Waals surface area contributed by atoms with Crippen LogP contribution in [0.25, 0.3) is 16.5 Å². The summed E-state index contributed by atoms with van der Waals surface area (Å²) < 4.78 is 2.30. The average Bonchev–Trinajstić information content (AvgIpc) is 2.89. The Bertz CT molecular complexity index is 817. The van der Waals surface area contributed by atoms with E-state index in [1.54, 1.807) is 12.3 Å². The molecule has 1 N–H and O–H groups in total. The summed E-state index contributed by atoms with van der Waals surface area (Å²) >= 11 is 3.37. The number of carbonyl (C=O) groups is 3. The highest BCUT2D eigenvalue weighted by Gasteiger charge is 2.25. The minimum Gasteiger partial charge on any atom is -0.289 e. The summed E-state index contributed by atoms with van der Waals surface area (Å²) in [6, 6.07) is 5.43. The summed E-state index contributed by atoms with van der Waals surface area (Å²) in [6.07, 6.45) is 2.84.